The van der Waals surface area contributed by atoms with Crippen LogP contribution in [0.2, 0.25) is 0 Å². The van der Waals surface area contributed by atoms with Gasteiger partial charge in [-0.15, -0.1) is 0 Å². The van der Waals surface area contributed by atoms with E-state index in [0.717, 1.165) is 27.6 Å². The van der Waals surface area contributed by atoms with Gasteiger partial charge in [-0.2, -0.15) is 10.4 Å². The summed E-state index contributed by atoms with van der Waals surface area (Å²) in [7, 11) is 5.06. The average molecular weight is 397 g/mol. The molecule has 3 aromatic heterocycles. The lowest BCUT2D eigenvalue weighted by molar-refractivity contribution is 0.394. The molecule has 0 saturated heterocycles. The second-order valence-electron chi connectivity index (χ2n) is 6.68. The van der Waals surface area contributed by atoms with Crippen molar-refractivity contribution in [2.75, 3.05) is 14.2 Å². The number of aryl methyl sites for hydroxylation is 1. The Morgan fingerprint density at radius 2 is 1.73 bits per heavy atom. The normalized spacial score (nSPS) is 11.3. The van der Waals surface area contributed by atoms with Crippen molar-refractivity contribution in [1.29, 1.82) is 5.26 Å². The van der Waals surface area contributed by atoms with Gasteiger partial charge in [-0.1, -0.05) is 0 Å². The highest BCUT2D eigenvalue weighted by Gasteiger charge is 2.12. The second kappa shape index (κ2) is 8.05. The Morgan fingerprint density at radius 1 is 0.967 bits per heavy atom. The van der Waals surface area contributed by atoms with Crippen molar-refractivity contribution >= 4 is 16.5 Å². The first-order valence-corrected chi connectivity index (χ1v) is 9.19. The summed E-state index contributed by atoms with van der Waals surface area (Å²) in [5, 5.41) is 14.5. The molecule has 0 amide bonds. The molecule has 0 bridgehead atoms. The first-order valence-electron chi connectivity index (χ1n) is 9.19. The van der Waals surface area contributed by atoms with Gasteiger partial charge in [0.2, 0.25) is 0 Å². The van der Waals surface area contributed by atoms with E-state index in [-0.39, 0.29) is 0 Å². The first kappa shape index (κ1) is 19.2. The number of fused-ring (bicyclic) bond motifs is 1. The van der Waals surface area contributed by atoms with E-state index in [1.54, 1.807) is 43.6 Å². The van der Waals surface area contributed by atoms with Crippen molar-refractivity contribution in [3.8, 4) is 28.7 Å². The Labute approximate surface area is 173 Å². The molecule has 148 valence electrons. The minimum absolute atomic E-state index is 0.634. The van der Waals surface area contributed by atoms with E-state index in [0.29, 0.717) is 22.8 Å². The molecule has 0 saturated carbocycles. The maximum Gasteiger partial charge on any atom is 0.123 e. The predicted molar refractivity (Wildman–Crippen MR) is 114 cm³/mol. The fraction of sp³-hybridized carbons (Fsp3) is 0.130. The molecule has 0 spiro atoms. The highest BCUT2D eigenvalue weighted by molar-refractivity contribution is 5.88. The molecular weight excluding hydrogens is 378 g/mol. The molecule has 0 N–H and O–H groups in total. The molecule has 4 rings (SSSR count). The van der Waals surface area contributed by atoms with Crippen LogP contribution >= 0.6 is 0 Å². The van der Waals surface area contributed by atoms with E-state index < -0.39 is 0 Å². The monoisotopic (exact) mass is 397 g/mol. The average Bonchev–Trinajstić information content (AvgIpc) is 3.22. The number of nitriles is 1. The van der Waals surface area contributed by atoms with Gasteiger partial charge >= 0.3 is 0 Å². The summed E-state index contributed by atoms with van der Waals surface area (Å²) >= 11 is 0. The summed E-state index contributed by atoms with van der Waals surface area (Å²) in [6, 6.07) is 11.6. The van der Waals surface area contributed by atoms with Crippen molar-refractivity contribution in [2.45, 2.75) is 0 Å². The van der Waals surface area contributed by atoms with Crippen LogP contribution in [0.25, 0.3) is 27.6 Å². The van der Waals surface area contributed by atoms with Crippen LogP contribution in [0.1, 0.15) is 11.3 Å². The van der Waals surface area contributed by atoms with Gasteiger partial charge in [0.1, 0.15) is 11.5 Å². The van der Waals surface area contributed by atoms with E-state index in [4.69, 9.17) is 9.47 Å². The summed E-state index contributed by atoms with van der Waals surface area (Å²) in [5.41, 5.74) is 4.81. The van der Waals surface area contributed by atoms with Crippen LogP contribution in [0.5, 0.6) is 11.5 Å². The third-order valence-electron chi connectivity index (χ3n) is 4.75. The van der Waals surface area contributed by atoms with Gasteiger partial charge in [0.15, 0.2) is 0 Å². The molecule has 3 heterocycles. The van der Waals surface area contributed by atoms with Crippen molar-refractivity contribution in [1.82, 2.24) is 19.7 Å². The number of ether oxygens (including phenoxy) is 2. The van der Waals surface area contributed by atoms with Crippen LogP contribution in [0.15, 0.2) is 61.2 Å². The molecule has 0 aliphatic carbocycles. The maximum absolute atomic E-state index is 9.38. The standard InChI is InChI=1S/C23H19N5O2/c1-28-14-18(12-27-28)17-6-16-9-22(26-13-23(16)25-11-17)21(4-5-24)15-7-19(29-2)10-20(8-15)30-3/h4,6-14H,1-3H3/b21-4-. The van der Waals surface area contributed by atoms with Gasteiger partial charge in [-0.3, -0.25) is 14.6 Å². The fourth-order valence-corrected chi connectivity index (χ4v) is 3.24. The van der Waals surface area contributed by atoms with Crippen LogP contribution in [-0.2, 0) is 7.05 Å². The fourth-order valence-electron chi connectivity index (χ4n) is 3.24. The van der Waals surface area contributed by atoms with E-state index in [1.807, 2.05) is 37.5 Å². The van der Waals surface area contributed by atoms with Crippen LogP contribution in [0.3, 0.4) is 0 Å². The molecule has 0 unspecified atom stereocenters. The third-order valence-corrected chi connectivity index (χ3v) is 4.75. The highest BCUT2D eigenvalue weighted by Crippen LogP contribution is 2.31. The lowest BCUT2D eigenvalue weighted by atomic mass is 9.99. The molecular formula is C23H19N5O2. The number of hydrogen-bond donors (Lipinski definition) is 0. The molecule has 7 heteroatoms. The third kappa shape index (κ3) is 3.71. The zero-order valence-corrected chi connectivity index (χ0v) is 16.8. The Morgan fingerprint density at radius 3 is 2.37 bits per heavy atom. The van der Waals surface area contributed by atoms with Gasteiger partial charge in [0.25, 0.3) is 0 Å². The highest BCUT2D eigenvalue weighted by atomic mass is 16.5. The summed E-state index contributed by atoms with van der Waals surface area (Å²) in [4.78, 5) is 9.06. The van der Waals surface area contributed by atoms with Gasteiger partial charge < -0.3 is 9.47 Å². The lowest BCUT2D eigenvalue weighted by Gasteiger charge is -2.11. The zero-order valence-electron chi connectivity index (χ0n) is 16.8. The summed E-state index contributed by atoms with van der Waals surface area (Å²) in [5.74, 6) is 1.27. The predicted octanol–water partition coefficient (Wildman–Crippen LogP) is 4.00. The number of methoxy groups -OCH3 is 2. The quantitative estimate of drug-likeness (QED) is 0.473. The minimum Gasteiger partial charge on any atom is -0.497 e. The molecule has 0 fully saturated rings. The van der Waals surface area contributed by atoms with Crippen molar-refractivity contribution < 1.29 is 9.47 Å². The Kier molecular flexibility index (Phi) is 5.14. The Hall–Kier alpha value is -4.18. The first-order chi connectivity index (χ1) is 14.6. The number of pyridine rings is 2. The molecule has 30 heavy (non-hydrogen) atoms. The summed E-state index contributed by atoms with van der Waals surface area (Å²) in [6.45, 7) is 0. The number of aromatic nitrogens is 4. The van der Waals surface area contributed by atoms with Crippen molar-refractivity contribution in [3.63, 3.8) is 0 Å². The molecule has 4 aromatic rings. The van der Waals surface area contributed by atoms with Gasteiger partial charge in [-0.25, -0.2) is 0 Å². The molecule has 0 aliphatic rings. The minimum atomic E-state index is 0.634. The molecule has 7 nitrogen and oxygen atoms in total. The number of hydrogen-bond acceptors (Lipinski definition) is 6. The summed E-state index contributed by atoms with van der Waals surface area (Å²) < 4.78 is 12.5. The van der Waals surface area contributed by atoms with E-state index in [2.05, 4.69) is 21.1 Å². The zero-order chi connectivity index (χ0) is 21.1. The van der Waals surface area contributed by atoms with Crippen LogP contribution < -0.4 is 9.47 Å². The summed E-state index contributed by atoms with van der Waals surface area (Å²) in [6.07, 6.45) is 8.73. The van der Waals surface area contributed by atoms with E-state index in [1.165, 1.54) is 6.08 Å². The van der Waals surface area contributed by atoms with E-state index in [9.17, 15) is 5.26 Å². The van der Waals surface area contributed by atoms with Crippen molar-refractivity contribution in [3.05, 3.63) is 72.5 Å². The molecule has 0 atom stereocenters. The van der Waals surface area contributed by atoms with Gasteiger partial charge in [0.05, 0.1) is 43.9 Å². The number of nitrogens with zero attached hydrogens (tertiary/aromatic N) is 5. The van der Waals surface area contributed by atoms with Crippen molar-refractivity contribution in [2.24, 2.45) is 7.05 Å². The SMILES string of the molecule is COc1cc(OC)cc(/C(=C/C#N)c2cc3cc(-c4cnn(C)c4)cnc3cn2)c1. The van der Waals surface area contributed by atoms with Crippen LogP contribution in [-0.4, -0.2) is 34.0 Å². The number of rotatable bonds is 5. The molecule has 1 aromatic carbocycles. The second-order valence-corrected chi connectivity index (χ2v) is 6.68. The Balaban J connectivity index is 1.83. The van der Waals surface area contributed by atoms with Crippen LogP contribution in [0, 0.1) is 11.3 Å². The number of benzene rings is 1. The number of allylic oxidation sites excluding steroid dienone is 1. The smallest absolute Gasteiger partial charge is 0.123 e. The topological polar surface area (TPSA) is 85.9 Å². The van der Waals surface area contributed by atoms with Crippen LogP contribution in [0.4, 0.5) is 0 Å². The Bertz CT molecular complexity index is 1280. The van der Waals surface area contributed by atoms with Gasteiger partial charge in [-0.05, 0) is 29.8 Å². The largest absolute Gasteiger partial charge is 0.497 e. The maximum atomic E-state index is 9.38. The van der Waals surface area contributed by atoms with E-state index >= 15 is 0 Å². The molecule has 0 radical (unpaired) electrons. The lowest BCUT2D eigenvalue weighted by Crippen LogP contribution is -1.96. The molecule has 0 aliphatic heterocycles. The van der Waals surface area contributed by atoms with Gasteiger partial charge in [0, 0.05) is 53.7 Å².